The fourth-order valence-electron chi connectivity index (χ4n) is 1.85. The Morgan fingerprint density at radius 2 is 1.95 bits per heavy atom. The highest BCUT2D eigenvalue weighted by atomic mass is 19.4. The molecule has 0 fully saturated rings. The van der Waals surface area contributed by atoms with Crippen LogP contribution in [0.2, 0.25) is 0 Å². The largest absolute Gasteiger partial charge is 0.573 e. The van der Waals surface area contributed by atoms with Crippen LogP contribution in [0, 0.1) is 5.92 Å². The van der Waals surface area contributed by atoms with E-state index in [-0.39, 0.29) is 30.7 Å². The van der Waals surface area contributed by atoms with Crippen molar-refractivity contribution in [1.82, 2.24) is 5.32 Å². The lowest BCUT2D eigenvalue weighted by atomic mass is 9.97. The number of amides is 1. The van der Waals surface area contributed by atoms with Crippen molar-refractivity contribution >= 4 is 5.91 Å². The first-order valence-corrected chi connectivity index (χ1v) is 6.57. The van der Waals surface area contributed by atoms with Gasteiger partial charge in [0.1, 0.15) is 5.75 Å². The summed E-state index contributed by atoms with van der Waals surface area (Å²) in [4.78, 5) is 11.9. The molecule has 1 unspecified atom stereocenters. The van der Waals surface area contributed by atoms with Gasteiger partial charge in [-0.25, -0.2) is 0 Å². The van der Waals surface area contributed by atoms with Crippen LogP contribution in [0.15, 0.2) is 24.3 Å². The molecule has 0 radical (unpaired) electrons. The molecule has 118 valence electrons. The summed E-state index contributed by atoms with van der Waals surface area (Å²) in [6.45, 7) is 3.64. The average Bonchev–Trinajstić information content (AvgIpc) is 2.34. The first-order valence-electron chi connectivity index (χ1n) is 6.57. The van der Waals surface area contributed by atoms with Crippen molar-refractivity contribution in [3.8, 4) is 5.75 Å². The van der Waals surface area contributed by atoms with Gasteiger partial charge < -0.3 is 15.8 Å². The molecule has 1 atom stereocenters. The Morgan fingerprint density at radius 3 is 2.48 bits per heavy atom. The minimum atomic E-state index is -4.77. The molecule has 0 saturated heterocycles. The Bertz CT molecular complexity index is 476. The van der Waals surface area contributed by atoms with E-state index in [2.05, 4.69) is 10.1 Å². The third-order valence-corrected chi connectivity index (χ3v) is 2.75. The number of carbonyl (C=O) groups excluding carboxylic acids is 1. The molecule has 4 nitrogen and oxygen atoms in total. The molecule has 7 heteroatoms. The number of benzene rings is 1. The van der Waals surface area contributed by atoms with Crippen molar-refractivity contribution in [2.45, 2.75) is 32.7 Å². The molecule has 0 saturated carbocycles. The van der Waals surface area contributed by atoms with Crippen LogP contribution in [-0.4, -0.2) is 24.9 Å². The molecule has 1 aromatic rings. The van der Waals surface area contributed by atoms with Crippen LogP contribution < -0.4 is 15.8 Å². The Kier molecular flexibility index (Phi) is 6.02. The first-order chi connectivity index (χ1) is 9.73. The van der Waals surface area contributed by atoms with Crippen LogP contribution in [0.5, 0.6) is 5.75 Å². The molecule has 0 heterocycles. The minimum Gasteiger partial charge on any atom is -0.406 e. The normalized spacial score (nSPS) is 13.1. The molecule has 1 amide bonds. The summed E-state index contributed by atoms with van der Waals surface area (Å²) in [6.07, 6.45) is -4.68. The predicted molar refractivity (Wildman–Crippen MR) is 72.7 cm³/mol. The second-order valence-corrected chi connectivity index (χ2v) is 4.96. The maximum atomic E-state index is 12.3. The number of alkyl halides is 3. The van der Waals surface area contributed by atoms with Gasteiger partial charge in [0.05, 0.1) is 5.92 Å². The number of halogens is 3. The van der Waals surface area contributed by atoms with Crippen LogP contribution in [0.25, 0.3) is 0 Å². The maximum absolute atomic E-state index is 12.3. The van der Waals surface area contributed by atoms with Crippen molar-refractivity contribution in [3.05, 3.63) is 29.8 Å². The first kappa shape index (κ1) is 17.3. The van der Waals surface area contributed by atoms with Gasteiger partial charge >= 0.3 is 6.36 Å². The van der Waals surface area contributed by atoms with Gasteiger partial charge in [-0.3, -0.25) is 4.79 Å². The van der Waals surface area contributed by atoms with Gasteiger partial charge in [0.25, 0.3) is 0 Å². The highest BCUT2D eigenvalue weighted by Gasteiger charge is 2.32. The van der Waals surface area contributed by atoms with Gasteiger partial charge in [0.15, 0.2) is 0 Å². The lowest BCUT2D eigenvalue weighted by molar-refractivity contribution is -0.274. The van der Waals surface area contributed by atoms with Gasteiger partial charge in [0.2, 0.25) is 5.91 Å². The molecule has 0 aliphatic heterocycles. The Hall–Kier alpha value is -1.76. The van der Waals surface area contributed by atoms with E-state index in [1.807, 2.05) is 0 Å². The molecule has 0 bridgehead atoms. The zero-order valence-corrected chi connectivity index (χ0v) is 11.9. The molecular weight excluding hydrogens is 285 g/mol. The van der Waals surface area contributed by atoms with Crippen molar-refractivity contribution < 1.29 is 22.7 Å². The summed E-state index contributed by atoms with van der Waals surface area (Å²) in [5, 5.41) is 2.70. The third kappa shape index (κ3) is 6.03. The molecule has 21 heavy (non-hydrogen) atoms. The quantitative estimate of drug-likeness (QED) is 0.847. The monoisotopic (exact) mass is 304 g/mol. The third-order valence-electron chi connectivity index (χ3n) is 2.75. The highest BCUT2D eigenvalue weighted by Crippen LogP contribution is 2.27. The minimum absolute atomic E-state index is 0.0406. The second kappa shape index (κ2) is 7.31. The predicted octanol–water partition coefficient (Wildman–Crippen LogP) is 2.23. The van der Waals surface area contributed by atoms with Crippen LogP contribution in [-0.2, 0) is 11.2 Å². The number of ether oxygens (including phenoxy) is 1. The number of carbonyl (C=O) groups is 1. The molecule has 0 aliphatic rings. The fourth-order valence-corrected chi connectivity index (χ4v) is 1.85. The molecule has 1 rings (SSSR count). The number of hydrogen-bond donors (Lipinski definition) is 2. The summed E-state index contributed by atoms with van der Waals surface area (Å²) in [7, 11) is 0. The fraction of sp³-hybridized carbons (Fsp3) is 0.500. The molecule has 0 aromatic heterocycles. The van der Waals surface area contributed by atoms with E-state index < -0.39 is 12.3 Å². The van der Waals surface area contributed by atoms with Crippen LogP contribution in [0.4, 0.5) is 13.2 Å². The summed E-state index contributed by atoms with van der Waals surface area (Å²) in [6, 6.07) is 5.68. The summed E-state index contributed by atoms with van der Waals surface area (Å²) in [5.41, 5.74) is 5.85. The number of rotatable bonds is 6. The summed E-state index contributed by atoms with van der Waals surface area (Å²) < 4.78 is 41.0. The lowest BCUT2D eigenvalue weighted by Gasteiger charge is -2.19. The second-order valence-electron chi connectivity index (χ2n) is 4.96. The summed E-state index contributed by atoms with van der Waals surface area (Å²) in [5.74, 6) is -1.19. The Labute approximate surface area is 121 Å². The number of para-hydroxylation sites is 1. The Morgan fingerprint density at radius 1 is 1.33 bits per heavy atom. The number of nitrogens with one attached hydrogen (secondary N) is 1. The van der Waals surface area contributed by atoms with Gasteiger partial charge in [0, 0.05) is 12.6 Å². The number of hydrogen-bond acceptors (Lipinski definition) is 3. The van der Waals surface area contributed by atoms with Crippen molar-refractivity contribution in [1.29, 1.82) is 0 Å². The van der Waals surface area contributed by atoms with E-state index >= 15 is 0 Å². The zero-order chi connectivity index (χ0) is 16.0. The average molecular weight is 304 g/mol. The molecule has 0 aliphatic carbocycles. The van der Waals surface area contributed by atoms with Gasteiger partial charge in [-0.2, -0.15) is 0 Å². The van der Waals surface area contributed by atoms with Crippen molar-refractivity contribution in [2.75, 3.05) is 6.54 Å². The van der Waals surface area contributed by atoms with E-state index in [0.29, 0.717) is 5.56 Å². The highest BCUT2D eigenvalue weighted by molar-refractivity contribution is 5.79. The van der Waals surface area contributed by atoms with E-state index in [4.69, 9.17) is 5.73 Å². The SMILES string of the molecule is CC(C)NC(=O)C(CN)Cc1ccccc1OC(F)(F)F. The smallest absolute Gasteiger partial charge is 0.406 e. The molecule has 1 aromatic carbocycles. The lowest BCUT2D eigenvalue weighted by Crippen LogP contribution is -2.39. The van der Waals surface area contributed by atoms with Crippen LogP contribution >= 0.6 is 0 Å². The van der Waals surface area contributed by atoms with E-state index in [1.54, 1.807) is 19.9 Å². The van der Waals surface area contributed by atoms with Gasteiger partial charge in [-0.15, -0.1) is 13.2 Å². The van der Waals surface area contributed by atoms with E-state index in [1.165, 1.54) is 18.2 Å². The van der Waals surface area contributed by atoms with Crippen LogP contribution in [0.3, 0.4) is 0 Å². The number of nitrogens with two attached hydrogens (primary N) is 1. The van der Waals surface area contributed by atoms with E-state index in [0.717, 1.165) is 0 Å². The van der Waals surface area contributed by atoms with Crippen molar-refractivity contribution in [3.63, 3.8) is 0 Å². The maximum Gasteiger partial charge on any atom is 0.573 e. The van der Waals surface area contributed by atoms with Gasteiger partial charge in [-0.05, 0) is 31.9 Å². The van der Waals surface area contributed by atoms with Crippen molar-refractivity contribution in [2.24, 2.45) is 11.7 Å². The Balaban J connectivity index is 2.87. The zero-order valence-electron chi connectivity index (χ0n) is 11.9. The molecule has 3 N–H and O–H groups in total. The van der Waals surface area contributed by atoms with E-state index in [9.17, 15) is 18.0 Å². The molecular formula is C14H19F3N2O2. The van der Waals surface area contributed by atoms with Crippen LogP contribution in [0.1, 0.15) is 19.4 Å². The van der Waals surface area contributed by atoms with Gasteiger partial charge in [-0.1, -0.05) is 18.2 Å². The summed E-state index contributed by atoms with van der Waals surface area (Å²) >= 11 is 0. The molecule has 0 spiro atoms. The standard InChI is InChI=1S/C14H19F3N2O2/c1-9(2)19-13(20)11(8-18)7-10-5-3-4-6-12(10)21-14(15,16)17/h3-6,9,11H,7-8,18H2,1-2H3,(H,19,20). The topological polar surface area (TPSA) is 64.4 Å².